The van der Waals surface area contributed by atoms with Crippen LogP contribution in [0.1, 0.15) is 18.4 Å². The summed E-state index contributed by atoms with van der Waals surface area (Å²) in [4.78, 5) is 13.7. The molecule has 0 fully saturated rings. The Morgan fingerprint density at radius 2 is 2.27 bits per heavy atom. The molecule has 0 spiro atoms. The summed E-state index contributed by atoms with van der Waals surface area (Å²) >= 11 is 3.41. The number of halogens is 1. The molecule has 3 nitrogen and oxygen atoms in total. The zero-order chi connectivity index (χ0) is 11.0. The van der Waals surface area contributed by atoms with Gasteiger partial charge in [0.2, 0.25) is 5.91 Å². The topological polar surface area (TPSA) is 46.3 Å². The van der Waals surface area contributed by atoms with Crippen molar-refractivity contribution in [3.8, 4) is 0 Å². The SMILES string of the molecule is CC1C(=O)N(CCN)c2cc(Br)ccc21. The van der Waals surface area contributed by atoms with Crippen molar-refractivity contribution in [2.75, 3.05) is 18.0 Å². The van der Waals surface area contributed by atoms with Gasteiger partial charge in [-0.1, -0.05) is 22.0 Å². The van der Waals surface area contributed by atoms with E-state index in [1.807, 2.05) is 25.1 Å². The van der Waals surface area contributed by atoms with Crippen LogP contribution in [0.5, 0.6) is 0 Å². The van der Waals surface area contributed by atoms with Crippen molar-refractivity contribution in [3.05, 3.63) is 28.2 Å². The Bertz CT molecular complexity index is 406. The third-order valence-corrected chi connectivity index (χ3v) is 3.23. The number of carbonyl (C=O) groups excluding carboxylic acids is 1. The quantitative estimate of drug-likeness (QED) is 0.890. The van der Waals surface area contributed by atoms with E-state index in [4.69, 9.17) is 5.73 Å². The molecule has 15 heavy (non-hydrogen) atoms. The van der Waals surface area contributed by atoms with E-state index >= 15 is 0 Å². The lowest BCUT2D eigenvalue weighted by Gasteiger charge is -2.16. The molecule has 1 aliphatic heterocycles. The molecule has 1 aromatic rings. The average molecular weight is 269 g/mol. The van der Waals surface area contributed by atoms with Gasteiger partial charge < -0.3 is 10.6 Å². The first kappa shape index (κ1) is 10.6. The van der Waals surface area contributed by atoms with Gasteiger partial charge in [-0.05, 0) is 24.6 Å². The number of rotatable bonds is 2. The Hall–Kier alpha value is -0.870. The number of amides is 1. The molecule has 1 atom stereocenters. The maximum atomic E-state index is 11.9. The highest BCUT2D eigenvalue weighted by atomic mass is 79.9. The van der Waals surface area contributed by atoms with Gasteiger partial charge >= 0.3 is 0 Å². The first-order valence-corrected chi connectivity index (χ1v) is 5.75. The van der Waals surface area contributed by atoms with E-state index in [0.29, 0.717) is 13.1 Å². The van der Waals surface area contributed by atoms with Crippen LogP contribution in [0.4, 0.5) is 5.69 Å². The first-order valence-electron chi connectivity index (χ1n) is 4.96. The largest absolute Gasteiger partial charge is 0.329 e. The van der Waals surface area contributed by atoms with E-state index in [-0.39, 0.29) is 11.8 Å². The summed E-state index contributed by atoms with van der Waals surface area (Å²) in [5, 5.41) is 0. The highest BCUT2D eigenvalue weighted by Gasteiger charge is 2.33. The Kier molecular flexibility index (Phi) is 2.80. The average Bonchev–Trinajstić information content (AvgIpc) is 2.44. The molecule has 0 saturated heterocycles. The third kappa shape index (κ3) is 1.68. The first-order chi connectivity index (χ1) is 7.15. The number of carbonyl (C=O) groups is 1. The Morgan fingerprint density at radius 1 is 1.53 bits per heavy atom. The lowest BCUT2D eigenvalue weighted by molar-refractivity contribution is -0.118. The Morgan fingerprint density at radius 3 is 2.93 bits per heavy atom. The summed E-state index contributed by atoms with van der Waals surface area (Å²) in [5.74, 6) is 0.105. The number of anilines is 1. The number of nitrogens with two attached hydrogens (primary N) is 1. The van der Waals surface area contributed by atoms with Crippen molar-refractivity contribution in [2.45, 2.75) is 12.8 Å². The molecule has 0 aromatic heterocycles. The highest BCUT2D eigenvalue weighted by molar-refractivity contribution is 9.10. The molecule has 1 aliphatic rings. The molecule has 0 saturated carbocycles. The zero-order valence-electron chi connectivity index (χ0n) is 8.53. The van der Waals surface area contributed by atoms with Crippen LogP contribution in [0.25, 0.3) is 0 Å². The molecule has 2 N–H and O–H groups in total. The summed E-state index contributed by atoms with van der Waals surface area (Å²) in [6.07, 6.45) is 0. The predicted octanol–water partition coefficient (Wildman–Crippen LogP) is 1.86. The summed E-state index contributed by atoms with van der Waals surface area (Å²) in [5.41, 5.74) is 7.59. The van der Waals surface area contributed by atoms with Crippen molar-refractivity contribution in [2.24, 2.45) is 5.73 Å². The summed E-state index contributed by atoms with van der Waals surface area (Å²) in [6.45, 7) is 3.02. The fourth-order valence-corrected chi connectivity index (χ4v) is 2.31. The van der Waals surface area contributed by atoms with Gasteiger partial charge in [0, 0.05) is 23.2 Å². The van der Waals surface area contributed by atoms with Gasteiger partial charge in [0.1, 0.15) is 0 Å². The maximum absolute atomic E-state index is 11.9. The van der Waals surface area contributed by atoms with Crippen LogP contribution in [0.2, 0.25) is 0 Å². The molecule has 0 bridgehead atoms. The molecule has 4 heteroatoms. The van der Waals surface area contributed by atoms with E-state index in [0.717, 1.165) is 15.7 Å². The second kappa shape index (κ2) is 3.94. The molecule has 1 heterocycles. The van der Waals surface area contributed by atoms with Crippen LogP contribution >= 0.6 is 15.9 Å². The van der Waals surface area contributed by atoms with Gasteiger partial charge in [-0.3, -0.25) is 4.79 Å². The van der Waals surface area contributed by atoms with Crippen LogP contribution in [-0.2, 0) is 4.79 Å². The molecule has 1 aromatic carbocycles. The maximum Gasteiger partial charge on any atom is 0.234 e. The van der Waals surface area contributed by atoms with Gasteiger partial charge in [0.15, 0.2) is 0 Å². The molecule has 0 aliphatic carbocycles. The lowest BCUT2D eigenvalue weighted by atomic mass is 10.0. The van der Waals surface area contributed by atoms with Crippen LogP contribution < -0.4 is 10.6 Å². The van der Waals surface area contributed by atoms with Crippen LogP contribution in [-0.4, -0.2) is 19.0 Å². The number of benzene rings is 1. The van der Waals surface area contributed by atoms with Crippen LogP contribution in [0.3, 0.4) is 0 Å². The fraction of sp³-hybridized carbons (Fsp3) is 0.364. The van der Waals surface area contributed by atoms with Gasteiger partial charge in [0.25, 0.3) is 0 Å². The summed E-state index contributed by atoms with van der Waals surface area (Å²) < 4.78 is 0.991. The minimum absolute atomic E-state index is 0.0420. The molecular weight excluding hydrogens is 256 g/mol. The Balaban J connectivity index is 2.47. The number of hydrogen-bond acceptors (Lipinski definition) is 2. The minimum atomic E-state index is -0.0420. The highest BCUT2D eigenvalue weighted by Crippen LogP contribution is 2.38. The third-order valence-electron chi connectivity index (χ3n) is 2.74. The molecular formula is C11H13BrN2O. The van der Waals surface area contributed by atoms with Crippen molar-refractivity contribution >= 4 is 27.5 Å². The van der Waals surface area contributed by atoms with E-state index in [9.17, 15) is 4.79 Å². The summed E-state index contributed by atoms with van der Waals surface area (Å²) in [7, 11) is 0. The van der Waals surface area contributed by atoms with Gasteiger partial charge in [-0.25, -0.2) is 0 Å². The van der Waals surface area contributed by atoms with E-state index in [2.05, 4.69) is 15.9 Å². The van der Waals surface area contributed by atoms with Crippen LogP contribution in [0, 0.1) is 0 Å². The van der Waals surface area contributed by atoms with Crippen molar-refractivity contribution in [1.82, 2.24) is 0 Å². The molecule has 0 radical (unpaired) electrons. The Labute approximate surface area is 97.4 Å². The number of hydrogen-bond donors (Lipinski definition) is 1. The van der Waals surface area contributed by atoms with Gasteiger partial charge in [-0.15, -0.1) is 0 Å². The van der Waals surface area contributed by atoms with Crippen molar-refractivity contribution in [3.63, 3.8) is 0 Å². The van der Waals surface area contributed by atoms with Gasteiger partial charge in [-0.2, -0.15) is 0 Å². The normalized spacial score (nSPS) is 19.5. The molecule has 1 unspecified atom stereocenters. The predicted molar refractivity (Wildman–Crippen MR) is 64.0 cm³/mol. The van der Waals surface area contributed by atoms with Crippen LogP contribution in [0.15, 0.2) is 22.7 Å². The summed E-state index contributed by atoms with van der Waals surface area (Å²) in [6, 6.07) is 5.94. The number of nitrogens with zero attached hydrogens (tertiary/aromatic N) is 1. The standard InChI is InChI=1S/C11H13BrN2O/c1-7-9-3-2-8(12)6-10(9)14(5-4-13)11(7)15/h2-3,6-7H,4-5,13H2,1H3. The molecule has 2 rings (SSSR count). The lowest BCUT2D eigenvalue weighted by Crippen LogP contribution is -2.32. The molecule has 80 valence electrons. The number of fused-ring (bicyclic) bond motifs is 1. The second-order valence-electron chi connectivity index (χ2n) is 3.70. The van der Waals surface area contributed by atoms with Crippen molar-refractivity contribution in [1.29, 1.82) is 0 Å². The zero-order valence-corrected chi connectivity index (χ0v) is 10.1. The van der Waals surface area contributed by atoms with E-state index < -0.39 is 0 Å². The monoisotopic (exact) mass is 268 g/mol. The fourth-order valence-electron chi connectivity index (χ4n) is 1.96. The van der Waals surface area contributed by atoms with E-state index in [1.54, 1.807) is 4.90 Å². The van der Waals surface area contributed by atoms with E-state index in [1.165, 1.54) is 0 Å². The molecule has 1 amide bonds. The van der Waals surface area contributed by atoms with Gasteiger partial charge in [0.05, 0.1) is 5.92 Å². The minimum Gasteiger partial charge on any atom is -0.329 e. The second-order valence-corrected chi connectivity index (χ2v) is 4.62. The van der Waals surface area contributed by atoms with Crippen molar-refractivity contribution < 1.29 is 4.79 Å². The smallest absolute Gasteiger partial charge is 0.234 e.